The Labute approximate surface area is 162 Å². The molecule has 0 bridgehead atoms. The maximum Gasteiger partial charge on any atom is 0.231 e. The topological polar surface area (TPSA) is 60.6 Å². The SMILES string of the molecule is Cc1[nH]c2c(c(=O)c1-c1ccc(Oc3ccc4c(c3)OCO4)cc1)CCCC2. The molecule has 1 aliphatic heterocycles. The number of rotatable bonds is 3. The van der Waals surface area contributed by atoms with E-state index in [1.807, 2.05) is 49.4 Å². The molecule has 1 aromatic heterocycles. The number of fused-ring (bicyclic) bond motifs is 2. The largest absolute Gasteiger partial charge is 0.457 e. The summed E-state index contributed by atoms with van der Waals surface area (Å²) in [5, 5.41) is 0. The number of aryl methyl sites for hydroxylation is 2. The second-order valence-electron chi connectivity index (χ2n) is 7.26. The molecule has 2 heterocycles. The van der Waals surface area contributed by atoms with Crippen LogP contribution in [0.4, 0.5) is 0 Å². The summed E-state index contributed by atoms with van der Waals surface area (Å²) in [5.41, 5.74) is 4.82. The fourth-order valence-corrected chi connectivity index (χ4v) is 4.02. The molecule has 2 aliphatic rings. The van der Waals surface area contributed by atoms with Crippen molar-refractivity contribution in [2.45, 2.75) is 32.6 Å². The molecule has 2 aromatic carbocycles. The minimum atomic E-state index is 0.162. The molecular formula is C23H21NO4. The quantitative estimate of drug-likeness (QED) is 0.718. The van der Waals surface area contributed by atoms with Crippen LogP contribution in [0.5, 0.6) is 23.0 Å². The number of nitrogens with one attached hydrogen (secondary N) is 1. The lowest BCUT2D eigenvalue weighted by atomic mass is 9.91. The Morgan fingerprint density at radius 2 is 1.68 bits per heavy atom. The van der Waals surface area contributed by atoms with Gasteiger partial charge in [0.15, 0.2) is 16.9 Å². The van der Waals surface area contributed by atoms with Gasteiger partial charge in [-0.2, -0.15) is 0 Å². The Kier molecular flexibility index (Phi) is 4.08. The van der Waals surface area contributed by atoms with E-state index in [9.17, 15) is 4.79 Å². The first-order valence-electron chi connectivity index (χ1n) is 9.61. The summed E-state index contributed by atoms with van der Waals surface area (Å²) in [4.78, 5) is 16.5. The molecule has 0 saturated carbocycles. The molecular weight excluding hydrogens is 354 g/mol. The van der Waals surface area contributed by atoms with Crippen molar-refractivity contribution in [3.05, 3.63) is 69.6 Å². The van der Waals surface area contributed by atoms with E-state index < -0.39 is 0 Å². The maximum atomic E-state index is 13.0. The smallest absolute Gasteiger partial charge is 0.231 e. The van der Waals surface area contributed by atoms with Gasteiger partial charge in [-0.3, -0.25) is 4.79 Å². The molecule has 0 unspecified atom stereocenters. The summed E-state index contributed by atoms with van der Waals surface area (Å²) in [6, 6.07) is 13.1. The first kappa shape index (κ1) is 16.9. The molecule has 1 aliphatic carbocycles. The third-order valence-corrected chi connectivity index (χ3v) is 5.41. The summed E-state index contributed by atoms with van der Waals surface area (Å²) in [5.74, 6) is 2.80. The molecule has 0 spiro atoms. The van der Waals surface area contributed by atoms with Crippen LogP contribution in [0.25, 0.3) is 11.1 Å². The van der Waals surface area contributed by atoms with Gasteiger partial charge in [-0.05, 0) is 62.4 Å². The number of H-pyrrole nitrogens is 1. The highest BCUT2D eigenvalue weighted by atomic mass is 16.7. The number of hydrogen-bond acceptors (Lipinski definition) is 4. The van der Waals surface area contributed by atoms with Crippen LogP contribution in [0.15, 0.2) is 47.3 Å². The van der Waals surface area contributed by atoms with E-state index in [2.05, 4.69) is 4.98 Å². The van der Waals surface area contributed by atoms with Crippen molar-refractivity contribution in [1.29, 1.82) is 0 Å². The van der Waals surface area contributed by atoms with Crippen LogP contribution in [0.1, 0.15) is 29.8 Å². The van der Waals surface area contributed by atoms with Gasteiger partial charge in [-0.25, -0.2) is 0 Å². The van der Waals surface area contributed by atoms with E-state index in [1.165, 1.54) is 0 Å². The number of pyridine rings is 1. The lowest BCUT2D eigenvalue weighted by Gasteiger charge is -2.18. The van der Waals surface area contributed by atoms with Crippen LogP contribution in [0.2, 0.25) is 0 Å². The van der Waals surface area contributed by atoms with Gasteiger partial charge in [-0.15, -0.1) is 0 Å². The van der Waals surface area contributed by atoms with Crippen LogP contribution in [0.3, 0.4) is 0 Å². The summed E-state index contributed by atoms with van der Waals surface area (Å²) < 4.78 is 16.6. The molecule has 0 radical (unpaired) electrons. The highest BCUT2D eigenvalue weighted by Gasteiger charge is 2.19. The van der Waals surface area contributed by atoms with Crippen LogP contribution in [-0.2, 0) is 12.8 Å². The van der Waals surface area contributed by atoms with Gasteiger partial charge < -0.3 is 19.2 Å². The molecule has 5 nitrogen and oxygen atoms in total. The average molecular weight is 375 g/mol. The molecule has 0 atom stereocenters. The fourth-order valence-electron chi connectivity index (χ4n) is 4.02. The van der Waals surface area contributed by atoms with Gasteiger partial charge in [0, 0.05) is 28.6 Å². The van der Waals surface area contributed by atoms with E-state index in [1.54, 1.807) is 0 Å². The lowest BCUT2D eigenvalue weighted by Crippen LogP contribution is -2.21. The van der Waals surface area contributed by atoms with Crippen molar-refractivity contribution in [3.8, 4) is 34.1 Å². The number of hydrogen-bond donors (Lipinski definition) is 1. The van der Waals surface area contributed by atoms with Gasteiger partial charge in [-0.1, -0.05) is 12.1 Å². The first-order chi connectivity index (χ1) is 13.7. The average Bonchev–Trinajstić information content (AvgIpc) is 3.17. The zero-order valence-electron chi connectivity index (χ0n) is 15.7. The molecule has 3 aromatic rings. The molecule has 142 valence electrons. The molecule has 0 amide bonds. The van der Waals surface area contributed by atoms with E-state index in [-0.39, 0.29) is 12.2 Å². The third-order valence-electron chi connectivity index (χ3n) is 5.41. The fraction of sp³-hybridized carbons (Fsp3) is 0.261. The van der Waals surface area contributed by atoms with Gasteiger partial charge >= 0.3 is 0 Å². The predicted molar refractivity (Wildman–Crippen MR) is 107 cm³/mol. The van der Waals surface area contributed by atoms with Gasteiger partial charge in [0.1, 0.15) is 11.5 Å². The lowest BCUT2D eigenvalue weighted by molar-refractivity contribution is 0.174. The molecule has 5 heteroatoms. The number of benzene rings is 2. The first-order valence-corrected chi connectivity index (χ1v) is 9.61. The number of aromatic amines is 1. The van der Waals surface area contributed by atoms with Crippen molar-refractivity contribution in [3.63, 3.8) is 0 Å². The zero-order valence-corrected chi connectivity index (χ0v) is 15.7. The second-order valence-corrected chi connectivity index (χ2v) is 7.26. The van der Waals surface area contributed by atoms with E-state index in [0.29, 0.717) is 17.2 Å². The number of aromatic nitrogens is 1. The Hall–Kier alpha value is -3.21. The summed E-state index contributed by atoms with van der Waals surface area (Å²) in [6.45, 7) is 2.21. The molecule has 28 heavy (non-hydrogen) atoms. The monoisotopic (exact) mass is 375 g/mol. The highest BCUT2D eigenvalue weighted by Crippen LogP contribution is 2.37. The summed E-state index contributed by atoms with van der Waals surface area (Å²) in [7, 11) is 0. The molecule has 5 rings (SSSR count). The Bertz CT molecular complexity index is 1100. The van der Waals surface area contributed by atoms with Crippen LogP contribution in [0, 0.1) is 6.92 Å². The molecule has 0 saturated heterocycles. The Balaban J connectivity index is 1.43. The van der Waals surface area contributed by atoms with Crippen molar-refractivity contribution in [1.82, 2.24) is 4.98 Å². The van der Waals surface area contributed by atoms with Crippen molar-refractivity contribution >= 4 is 0 Å². The minimum absolute atomic E-state index is 0.162. The van der Waals surface area contributed by atoms with Crippen molar-refractivity contribution in [2.24, 2.45) is 0 Å². The van der Waals surface area contributed by atoms with Gasteiger partial charge in [0.25, 0.3) is 0 Å². The van der Waals surface area contributed by atoms with Crippen molar-refractivity contribution < 1.29 is 14.2 Å². The number of ether oxygens (including phenoxy) is 3. The van der Waals surface area contributed by atoms with Crippen LogP contribution in [-0.4, -0.2) is 11.8 Å². The maximum absolute atomic E-state index is 13.0. The van der Waals surface area contributed by atoms with Crippen LogP contribution < -0.4 is 19.6 Å². The molecule has 1 N–H and O–H groups in total. The molecule has 0 fully saturated rings. The summed E-state index contributed by atoms with van der Waals surface area (Å²) in [6.07, 6.45) is 4.06. The van der Waals surface area contributed by atoms with E-state index in [4.69, 9.17) is 14.2 Å². The van der Waals surface area contributed by atoms with E-state index in [0.717, 1.165) is 59.5 Å². The highest BCUT2D eigenvalue weighted by molar-refractivity contribution is 5.67. The van der Waals surface area contributed by atoms with Crippen molar-refractivity contribution in [2.75, 3.05) is 6.79 Å². The van der Waals surface area contributed by atoms with Crippen LogP contribution >= 0.6 is 0 Å². The normalized spacial score (nSPS) is 14.6. The predicted octanol–water partition coefficient (Wildman–Crippen LogP) is 4.75. The summed E-state index contributed by atoms with van der Waals surface area (Å²) >= 11 is 0. The standard InChI is InChI=1S/C23H21NO4/c1-14-22(23(25)18-4-2-3-5-19(18)24-14)15-6-8-16(9-7-15)28-17-10-11-20-21(12-17)27-13-26-20/h6-12H,2-5,13H2,1H3,(H,24,25). The Morgan fingerprint density at radius 3 is 2.54 bits per heavy atom. The van der Waals surface area contributed by atoms with Gasteiger partial charge in [0.05, 0.1) is 0 Å². The third kappa shape index (κ3) is 2.93. The van der Waals surface area contributed by atoms with E-state index >= 15 is 0 Å². The minimum Gasteiger partial charge on any atom is -0.457 e. The van der Waals surface area contributed by atoms with Gasteiger partial charge in [0.2, 0.25) is 6.79 Å². The Morgan fingerprint density at radius 1 is 0.929 bits per heavy atom. The zero-order chi connectivity index (χ0) is 19.1. The second kappa shape index (κ2) is 6.75.